The third kappa shape index (κ3) is 9.42. The molecule has 66 heavy (non-hydrogen) atoms. The number of nitrogens with zero attached hydrogens (tertiary/aromatic N) is 2. The Balaban J connectivity index is 0.000000220. The van der Waals surface area contributed by atoms with Crippen molar-refractivity contribution in [3.63, 3.8) is 0 Å². The molecule has 14 heteroatoms. The molecule has 7 rings (SSSR count). The Morgan fingerprint density at radius 3 is 1.55 bits per heavy atom. The van der Waals surface area contributed by atoms with E-state index in [1.54, 1.807) is 19.1 Å². The van der Waals surface area contributed by atoms with Crippen molar-refractivity contribution >= 4 is 32.1 Å². The van der Waals surface area contributed by atoms with Crippen LogP contribution in [0.4, 0.5) is 0 Å². The number of carbonyl (C=O) groups excluding carboxylic acids is 4. The Hall–Kier alpha value is -5.80. The topological polar surface area (TPSA) is 139 Å². The Morgan fingerprint density at radius 1 is 0.652 bits per heavy atom. The second kappa shape index (κ2) is 20.4. The molecule has 0 unspecified atom stereocenters. The van der Waals surface area contributed by atoms with Gasteiger partial charge in [0, 0.05) is 24.1 Å². The van der Waals surface area contributed by atoms with Crippen molar-refractivity contribution in [3.8, 4) is 11.5 Å². The lowest BCUT2D eigenvalue weighted by Gasteiger charge is -2.51. The number of rotatable bonds is 16. The highest BCUT2D eigenvalue weighted by atomic mass is 28.4. The van der Waals surface area contributed by atoms with Gasteiger partial charge >= 0.3 is 11.9 Å². The number of benzene rings is 4. The third-order valence-corrected chi connectivity index (χ3v) is 16.1. The average Bonchev–Trinajstić information content (AvgIpc) is 3.58. The van der Waals surface area contributed by atoms with Gasteiger partial charge in [-0.25, -0.2) is 9.59 Å². The molecule has 3 fully saturated rings. The maximum Gasteiger partial charge on any atom is 0.337 e. The molecule has 0 spiro atoms. The summed E-state index contributed by atoms with van der Waals surface area (Å²) in [5.41, 5.74) is -0.646. The first-order chi connectivity index (χ1) is 31.4. The standard InChI is InChI=1S/C27H35NO6Si.C25H29NO5/c1-26-23(15-16-35(4,5)34-26)24(29)28(17-20-11-13-22(31-2)14-12-20)27(26,25(30)32-3)19-33-18-21-9-7-6-8-10-21;1-18-22(27)26(15-19-11-13-21(29-4)14-12-19)25(23(28)30-5,24(18,2)3)17-31-16-20-9-7-6-8-10-20/h6-14,23H,15-19H2,1-5H3;6-14H,1,15-17H2,2-5H3/t23-,26-,27+;25-/m01/s1. The van der Waals surface area contributed by atoms with Crippen LogP contribution in [0.1, 0.15) is 49.4 Å². The SMILES string of the molecule is C=C1C(=O)N(Cc2ccc(OC)cc2)[C@](COCc2ccccc2)(C(=O)OC)C1(C)C.COC(=O)[C@@]1(COCc2ccccc2)N(Cc2ccc(OC)cc2)C(=O)[C@@H]2CC[Si](C)(C)O[C@@]21C. The van der Waals surface area contributed by atoms with E-state index in [4.69, 9.17) is 32.8 Å². The zero-order valence-electron chi connectivity index (χ0n) is 39.7. The molecule has 0 bridgehead atoms. The van der Waals surface area contributed by atoms with Crippen LogP contribution in [0.15, 0.2) is 121 Å². The fourth-order valence-corrected chi connectivity index (χ4v) is 12.2. The van der Waals surface area contributed by atoms with Crippen LogP contribution in [0.5, 0.6) is 11.5 Å². The van der Waals surface area contributed by atoms with Gasteiger partial charge in [0.25, 0.3) is 5.91 Å². The minimum absolute atomic E-state index is 0.0114. The van der Waals surface area contributed by atoms with Gasteiger partial charge < -0.3 is 42.6 Å². The van der Waals surface area contributed by atoms with Crippen LogP contribution in [-0.2, 0) is 68.9 Å². The Bertz CT molecular complexity index is 2340. The van der Waals surface area contributed by atoms with Crippen LogP contribution in [0.25, 0.3) is 0 Å². The number of likely N-dealkylation sites (tertiary alicyclic amines) is 2. The first-order valence-corrected chi connectivity index (χ1v) is 25.2. The minimum atomic E-state index is -2.12. The van der Waals surface area contributed by atoms with Crippen molar-refractivity contribution in [2.75, 3.05) is 41.7 Å². The second-order valence-electron chi connectivity index (χ2n) is 18.3. The summed E-state index contributed by atoms with van der Waals surface area (Å²) >= 11 is 0. The summed E-state index contributed by atoms with van der Waals surface area (Å²) in [6.07, 6.45) is 0.686. The molecule has 2 amide bonds. The summed E-state index contributed by atoms with van der Waals surface area (Å²) in [6.45, 7) is 14.9. The van der Waals surface area contributed by atoms with Crippen LogP contribution < -0.4 is 9.47 Å². The van der Waals surface area contributed by atoms with E-state index < -0.39 is 48.3 Å². The molecule has 3 aliphatic heterocycles. The van der Waals surface area contributed by atoms with Gasteiger partial charge in [0.2, 0.25) is 5.91 Å². The molecule has 352 valence electrons. The van der Waals surface area contributed by atoms with Crippen LogP contribution in [0, 0.1) is 11.3 Å². The number of amides is 2. The maximum absolute atomic E-state index is 13.9. The minimum Gasteiger partial charge on any atom is -0.497 e. The van der Waals surface area contributed by atoms with Crippen molar-refractivity contribution in [1.29, 1.82) is 0 Å². The van der Waals surface area contributed by atoms with Crippen LogP contribution in [0.3, 0.4) is 0 Å². The maximum atomic E-state index is 13.9. The number of hydrogen-bond donors (Lipinski definition) is 0. The predicted octanol–water partition coefficient (Wildman–Crippen LogP) is 7.91. The number of fused-ring (bicyclic) bond motifs is 1. The number of carbonyl (C=O) groups is 4. The molecule has 13 nitrogen and oxygen atoms in total. The largest absolute Gasteiger partial charge is 0.497 e. The van der Waals surface area contributed by atoms with Crippen LogP contribution in [-0.4, -0.2) is 100 Å². The lowest BCUT2D eigenvalue weighted by atomic mass is 9.71. The molecule has 0 N–H and O–H groups in total. The van der Waals surface area contributed by atoms with E-state index in [2.05, 4.69) is 19.7 Å². The number of ether oxygens (including phenoxy) is 6. The monoisotopic (exact) mass is 920 g/mol. The number of methoxy groups -OCH3 is 4. The van der Waals surface area contributed by atoms with Crippen molar-refractivity contribution in [2.24, 2.45) is 11.3 Å². The van der Waals surface area contributed by atoms with E-state index >= 15 is 0 Å². The van der Waals surface area contributed by atoms with Crippen LogP contribution in [0.2, 0.25) is 19.1 Å². The zero-order chi connectivity index (χ0) is 47.9. The fraction of sp³-hybridized carbons (Fsp3) is 0.423. The molecule has 0 aliphatic carbocycles. The molecule has 0 radical (unpaired) electrons. The van der Waals surface area contributed by atoms with E-state index in [-0.39, 0.29) is 38.1 Å². The summed E-state index contributed by atoms with van der Waals surface area (Å²) in [4.78, 5) is 57.3. The first-order valence-electron chi connectivity index (χ1n) is 22.1. The fourth-order valence-electron chi connectivity index (χ4n) is 9.67. The van der Waals surface area contributed by atoms with E-state index in [1.807, 2.05) is 130 Å². The van der Waals surface area contributed by atoms with Gasteiger partial charge in [-0.1, -0.05) is 105 Å². The van der Waals surface area contributed by atoms with E-state index in [1.165, 1.54) is 19.1 Å². The molecule has 3 aliphatic rings. The van der Waals surface area contributed by atoms with E-state index in [0.717, 1.165) is 34.0 Å². The third-order valence-electron chi connectivity index (χ3n) is 13.7. The molecule has 0 aromatic heterocycles. The van der Waals surface area contributed by atoms with Crippen molar-refractivity contribution in [3.05, 3.63) is 144 Å². The van der Waals surface area contributed by atoms with E-state index in [0.29, 0.717) is 31.0 Å². The Labute approximate surface area is 390 Å². The summed E-state index contributed by atoms with van der Waals surface area (Å²) in [6, 6.07) is 35.2. The van der Waals surface area contributed by atoms with Gasteiger partial charge in [-0.05, 0) is 79.0 Å². The average molecular weight is 921 g/mol. The first kappa shape index (κ1) is 49.6. The summed E-state index contributed by atoms with van der Waals surface area (Å²) < 4.78 is 40.0. The zero-order valence-corrected chi connectivity index (χ0v) is 40.7. The molecule has 4 aromatic carbocycles. The predicted molar refractivity (Wildman–Crippen MR) is 252 cm³/mol. The van der Waals surface area contributed by atoms with Gasteiger partial charge in [0.15, 0.2) is 19.4 Å². The lowest BCUT2D eigenvalue weighted by Crippen LogP contribution is -2.70. The quantitative estimate of drug-likeness (QED) is 0.0616. The number of hydrogen-bond acceptors (Lipinski definition) is 11. The summed E-state index contributed by atoms with van der Waals surface area (Å²) in [5, 5.41) is 0. The molecule has 4 atom stereocenters. The van der Waals surface area contributed by atoms with Gasteiger partial charge in [0.05, 0.1) is 60.8 Å². The van der Waals surface area contributed by atoms with Crippen molar-refractivity contribution in [2.45, 2.75) is 89.3 Å². The van der Waals surface area contributed by atoms with E-state index in [9.17, 15) is 19.2 Å². The summed E-state index contributed by atoms with van der Waals surface area (Å²) in [5.74, 6) is -0.415. The van der Waals surface area contributed by atoms with Gasteiger partial charge in [-0.2, -0.15) is 0 Å². The number of esters is 2. The second-order valence-corrected chi connectivity index (χ2v) is 22.6. The molecule has 3 saturated heterocycles. The molecule has 4 aromatic rings. The normalized spacial score (nSPS) is 24.0. The summed E-state index contributed by atoms with van der Waals surface area (Å²) in [7, 11) is 3.77. The highest BCUT2D eigenvalue weighted by Gasteiger charge is 2.73. The molecular weight excluding hydrogens is 857 g/mol. The molecular formula is C52H64N2O11Si. The Kier molecular flexibility index (Phi) is 15.3. The Morgan fingerprint density at radius 2 is 1.09 bits per heavy atom. The smallest absolute Gasteiger partial charge is 0.337 e. The highest BCUT2D eigenvalue weighted by Crippen LogP contribution is 2.54. The van der Waals surface area contributed by atoms with Gasteiger partial charge in [-0.15, -0.1) is 0 Å². The lowest BCUT2D eigenvalue weighted by molar-refractivity contribution is -0.178. The van der Waals surface area contributed by atoms with Crippen molar-refractivity contribution < 1.29 is 52.0 Å². The molecule has 0 saturated carbocycles. The highest BCUT2D eigenvalue weighted by molar-refractivity contribution is 6.71. The molecule has 3 heterocycles. The van der Waals surface area contributed by atoms with Crippen molar-refractivity contribution in [1.82, 2.24) is 9.80 Å². The van der Waals surface area contributed by atoms with Gasteiger partial charge in [0.1, 0.15) is 17.1 Å². The van der Waals surface area contributed by atoms with Gasteiger partial charge in [-0.3, -0.25) is 9.59 Å². The van der Waals surface area contributed by atoms with Crippen LogP contribution >= 0.6 is 0 Å².